The predicted octanol–water partition coefficient (Wildman–Crippen LogP) is 3.54. The van der Waals surface area contributed by atoms with Crippen LogP contribution in [0.25, 0.3) is 0 Å². The highest BCUT2D eigenvalue weighted by Gasteiger charge is 2.26. The monoisotopic (exact) mass is 405 g/mol. The number of nitrogens with one attached hydrogen (secondary N) is 1. The fourth-order valence-electron chi connectivity index (χ4n) is 3.53. The second-order valence-electron chi connectivity index (χ2n) is 6.70. The molecular weight excluding hydrogens is 377 g/mol. The van der Waals surface area contributed by atoms with Crippen molar-refractivity contribution in [3.8, 4) is 0 Å². The summed E-state index contributed by atoms with van der Waals surface area (Å²) in [5.41, 5.74) is 8.24. The molecule has 3 rings (SSSR count). The number of benzene rings is 1. The quantitative estimate of drug-likeness (QED) is 0.786. The van der Waals surface area contributed by atoms with Gasteiger partial charge in [-0.05, 0) is 36.5 Å². The summed E-state index contributed by atoms with van der Waals surface area (Å²) in [7, 11) is 0. The summed E-state index contributed by atoms with van der Waals surface area (Å²) < 4.78 is 0. The first-order valence-electron chi connectivity index (χ1n) is 8.65. The molecule has 1 aromatic carbocycles. The lowest BCUT2D eigenvalue weighted by Gasteiger charge is -2.26. The van der Waals surface area contributed by atoms with E-state index in [0.717, 1.165) is 44.6 Å². The second kappa shape index (κ2) is 11.3. The Kier molecular flexibility index (Phi) is 10.2. The molecule has 1 aliphatic carbocycles. The minimum Gasteiger partial charge on any atom is -0.327 e. The molecule has 1 saturated carbocycles. The molecule has 142 valence electrons. The van der Waals surface area contributed by atoms with Gasteiger partial charge in [0.2, 0.25) is 5.91 Å². The zero-order chi connectivity index (χ0) is 16.1. The number of hydrogen-bond donors (Lipinski definition) is 2. The predicted molar refractivity (Wildman–Crippen MR) is 112 cm³/mol. The molecule has 25 heavy (non-hydrogen) atoms. The number of nitrogens with two attached hydrogens (primary N) is 1. The third kappa shape index (κ3) is 6.99. The van der Waals surface area contributed by atoms with Crippen molar-refractivity contribution in [1.82, 2.24) is 4.90 Å². The van der Waals surface area contributed by atoms with Crippen LogP contribution in [0.5, 0.6) is 0 Å². The molecule has 2 aliphatic rings. The van der Waals surface area contributed by atoms with Gasteiger partial charge in [-0.15, -0.1) is 24.8 Å². The molecule has 1 amide bonds. The summed E-state index contributed by atoms with van der Waals surface area (Å²) in [4.78, 5) is 14.7. The highest BCUT2D eigenvalue weighted by Crippen LogP contribution is 2.27. The second-order valence-corrected chi connectivity index (χ2v) is 7.92. The lowest BCUT2D eigenvalue weighted by Crippen LogP contribution is -2.32. The molecule has 1 heterocycles. The molecule has 3 N–H and O–H groups in total. The van der Waals surface area contributed by atoms with Crippen LogP contribution in [0.2, 0.25) is 0 Å². The average Bonchev–Trinajstić information content (AvgIpc) is 2.93. The minimum absolute atomic E-state index is 0. The summed E-state index contributed by atoms with van der Waals surface area (Å²) in [6.07, 6.45) is 3.85. The van der Waals surface area contributed by atoms with E-state index < -0.39 is 0 Å². The molecule has 0 bridgehead atoms. The van der Waals surface area contributed by atoms with Crippen molar-refractivity contribution in [2.45, 2.75) is 38.3 Å². The maximum absolute atomic E-state index is 12.2. The zero-order valence-corrected chi connectivity index (χ0v) is 16.9. The first kappa shape index (κ1) is 22.6. The molecule has 4 nitrogen and oxygen atoms in total. The Bertz CT molecular complexity index is 541. The lowest BCUT2D eigenvalue weighted by molar-refractivity contribution is -0.117. The van der Waals surface area contributed by atoms with E-state index >= 15 is 0 Å². The van der Waals surface area contributed by atoms with Gasteiger partial charge in [-0.3, -0.25) is 9.69 Å². The van der Waals surface area contributed by atoms with E-state index in [2.05, 4.69) is 22.3 Å². The normalized spacial score (nSPS) is 23.4. The van der Waals surface area contributed by atoms with Gasteiger partial charge in [-0.25, -0.2) is 0 Å². The van der Waals surface area contributed by atoms with E-state index in [0.29, 0.717) is 12.3 Å². The largest absolute Gasteiger partial charge is 0.327 e. The molecule has 2 fully saturated rings. The number of rotatable bonds is 5. The fourth-order valence-corrected chi connectivity index (χ4v) is 4.51. The van der Waals surface area contributed by atoms with Gasteiger partial charge in [0.15, 0.2) is 0 Å². The number of thioether (sulfide) groups is 1. The van der Waals surface area contributed by atoms with E-state index in [1.165, 1.54) is 17.1 Å². The maximum Gasteiger partial charge on any atom is 0.224 e. The molecule has 7 heteroatoms. The molecule has 0 aromatic heterocycles. The van der Waals surface area contributed by atoms with Crippen molar-refractivity contribution < 1.29 is 4.79 Å². The number of anilines is 1. The van der Waals surface area contributed by atoms with Crippen molar-refractivity contribution >= 4 is 48.2 Å². The Morgan fingerprint density at radius 3 is 2.68 bits per heavy atom. The number of nitrogens with zero attached hydrogens (tertiary/aromatic N) is 1. The molecule has 0 spiro atoms. The van der Waals surface area contributed by atoms with Crippen molar-refractivity contribution in [3.05, 3.63) is 29.8 Å². The summed E-state index contributed by atoms with van der Waals surface area (Å²) in [6.45, 7) is 3.28. The zero-order valence-electron chi connectivity index (χ0n) is 14.5. The molecule has 2 atom stereocenters. The van der Waals surface area contributed by atoms with Crippen LogP contribution < -0.4 is 11.1 Å². The smallest absolute Gasteiger partial charge is 0.224 e. The van der Waals surface area contributed by atoms with Crippen LogP contribution in [0.1, 0.15) is 31.2 Å². The Morgan fingerprint density at radius 2 is 2.00 bits per heavy atom. The topological polar surface area (TPSA) is 58.4 Å². The number of hydrogen-bond acceptors (Lipinski definition) is 4. The van der Waals surface area contributed by atoms with Crippen LogP contribution in [-0.4, -0.2) is 41.4 Å². The van der Waals surface area contributed by atoms with Crippen LogP contribution in [0, 0.1) is 5.92 Å². The van der Waals surface area contributed by atoms with Gasteiger partial charge in [0.05, 0.1) is 0 Å². The van der Waals surface area contributed by atoms with Crippen molar-refractivity contribution in [3.63, 3.8) is 0 Å². The first-order valence-corrected chi connectivity index (χ1v) is 9.80. The lowest BCUT2D eigenvalue weighted by atomic mass is 10.00. The molecule has 0 unspecified atom stereocenters. The molecule has 1 aromatic rings. The average molecular weight is 406 g/mol. The summed E-state index contributed by atoms with van der Waals surface area (Å²) in [5.74, 6) is 2.89. The van der Waals surface area contributed by atoms with Crippen LogP contribution in [0.3, 0.4) is 0 Å². The van der Waals surface area contributed by atoms with Crippen LogP contribution in [0.4, 0.5) is 5.69 Å². The van der Waals surface area contributed by atoms with E-state index in [-0.39, 0.29) is 36.8 Å². The maximum atomic E-state index is 12.2. The van der Waals surface area contributed by atoms with Crippen LogP contribution in [0.15, 0.2) is 24.3 Å². The van der Waals surface area contributed by atoms with Crippen molar-refractivity contribution in [2.24, 2.45) is 11.7 Å². The van der Waals surface area contributed by atoms with E-state index in [1.807, 2.05) is 23.9 Å². The van der Waals surface area contributed by atoms with Crippen LogP contribution in [-0.2, 0) is 11.3 Å². The summed E-state index contributed by atoms with van der Waals surface area (Å²) >= 11 is 2.03. The Balaban J connectivity index is 0.00000156. The van der Waals surface area contributed by atoms with Crippen molar-refractivity contribution in [1.29, 1.82) is 0 Å². The van der Waals surface area contributed by atoms with Crippen molar-refractivity contribution in [2.75, 3.05) is 29.9 Å². The van der Waals surface area contributed by atoms with E-state index in [9.17, 15) is 4.79 Å². The molecule has 1 aliphatic heterocycles. The molecule has 0 radical (unpaired) electrons. The Hall–Kier alpha value is -0.460. The highest BCUT2D eigenvalue weighted by molar-refractivity contribution is 7.99. The van der Waals surface area contributed by atoms with Gasteiger partial charge in [0, 0.05) is 49.3 Å². The summed E-state index contributed by atoms with van der Waals surface area (Å²) in [6, 6.07) is 8.45. The number of carbonyl (C=O) groups excluding carboxylic acids is 1. The third-order valence-electron chi connectivity index (χ3n) is 4.89. The van der Waals surface area contributed by atoms with E-state index in [4.69, 9.17) is 5.73 Å². The number of carbonyl (C=O) groups is 1. The van der Waals surface area contributed by atoms with Gasteiger partial charge in [-0.2, -0.15) is 11.8 Å². The van der Waals surface area contributed by atoms with E-state index in [1.54, 1.807) is 0 Å². The SMILES string of the molecule is Cl.Cl.N[C@@H]1CCC[C@H]1CC(=O)Nc1cccc(CN2CCSCC2)c1. The van der Waals surface area contributed by atoms with Gasteiger partial charge in [0.1, 0.15) is 0 Å². The van der Waals surface area contributed by atoms with Gasteiger partial charge >= 0.3 is 0 Å². The molecular formula is C18H29Cl2N3OS. The summed E-state index contributed by atoms with van der Waals surface area (Å²) in [5, 5.41) is 3.05. The Morgan fingerprint density at radius 1 is 1.24 bits per heavy atom. The Labute approximate surface area is 167 Å². The van der Waals surface area contributed by atoms with Gasteiger partial charge in [-0.1, -0.05) is 18.6 Å². The van der Waals surface area contributed by atoms with Crippen LogP contribution >= 0.6 is 36.6 Å². The first-order chi connectivity index (χ1) is 11.2. The van der Waals surface area contributed by atoms with Gasteiger partial charge < -0.3 is 11.1 Å². The third-order valence-corrected chi connectivity index (χ3v) is 5.83. The van der Waals surface area contributed by atoms with Gasteiger partial charge in [0.25, 0.3) is 0 Å². The number of amides is 1. The number of halogens is 2. The molecule has 1 saturated heterocycles. The minimum atomic E-state index is 0. The standard InChI is InChI=1S/C18H27N3OS.2ClH/c19-17-6-2-4-15(17)12-18(22)20-16-5-1-3-14(11-16)13-21-7-9-23-10-8-21;;/h1,3,5,11,15,17H,2,4,6-10,12-13,19H2,(H,20,22);2*1H/t15-,17+;;/m0../s1. The fraction of sp³-hybridized carbons (Fsp3) is 0.611. The highest BCUT2D eigenvalue weighted by atomic mass is 35.5.